The first-order valence-electron chi connectivity index (χ1n) is 12.7. The summed E-state index contributed by atoms with van der Waals surface area (Å²) in [5.41, 5.74) is 2.16. The lowest BCUT2D eigenvalue weighted by Crippen LogP contribution is -2.40. The predicted octanol–water partition coefficient (Wildman–Crippen LogP) is 2.17. The molecule has 2 N–H and O–H groups in total. The summed E-state index contributed by atoms with van der Waals surface area (Å²) < 4.78 is 23.5. The molecule has 9 heteroatoms. The molecule has 37 heavy (non-hydrogen) atoms. The lowest BCUT2D eigenvalue weighted by atomic mass is 10.2. The third kappa shape index (κ3) is 7.44. The third-order valence-corrected chi connectivity index (χ3v) is 6.71. The van der Waals surface area contributed by atoms with Crippen molar-refractivity contribution in [1.82, 2.24) is 9.80 Å². The van der Waals surface area contributed by atoms with Crippen molar-refractivity contribution in [1.29, 1.82) is 0 Å². The lowest BCUT2D eigenvalue weighted by Gasteiger charge is -2.22. The van der Waals surface area contributed by atoms with Crippen LogP contribution in [0, 0.1) is 13.8 Å². The van der Waals surface area contributed by atoms with Crippen LogP contribution in [0.2, 0.25) is 0 Å². The molecular weight excluding hydrogens is 476 g/mol. The van der Waals surface area contributed by atoms with E-state index in [1.54, 1.807) is 0 Å². The first kappa shape index (κ1) is 28.4. The molecule has 0 amide bonds. The van der Waals surface area contributed by atoms with Gasteiger partial charge in [-0.05, 0) is 62.3 Å². The van der Waals surface area contributed by atoms with E-state index in [4.69, 9.17) is 18.9 Å². The summed E-state index contributed by atoms with van der Waals surface area (Å²) in [4.78, 5) is 29.8. The van der Waals surface area contributed by atoms with Crippen LogP contribution in [0.15, 0.2) is 48.5 Å². The summed E-state index contributed by atoms with van der Waals surface area (Å²) in [5, 5.41) is 0. The molecule has 0 radical (unpaired) electrons. The highest BCUT2D eigenvalue weighted by molar-refractivity contribution is 6.29. The van der Waals surface area contributed by atoms with Crippen LogP contribution in [0.3, 0.4) is 0 Å². The Hall–Kier alpha value is -3.14. The summed E-state index contributed by atoms with van der Waals surface area (Å²) >= 11 is 0. The number of likely N-dealkylation sites (N-methyl/N-ethyl adjacent to an activating group) is 2. The van der Waals surface area contributed by atoms with Crippen LogP contribution in [-0.4, -0.2) is 90.9 Å². The van der Waals surface area contributed by atoms with Crippen LogP contribution in [0.25, 0.3) is 0 Å². The summed E-state index contributed by atoms with van der Waals surface area (Å²) in [6.07, 6.45) is -1.88. The molecule has 2 aromatic rings. The molecule has 2 heterocycles. The maximum absolute atomic E-state index is 12.8. The Kier molecular flexibility index (Phi) is 9.91. The molecule has 0 spiro atoms. The maximum atomic E-state index is 12.8. The molecule has 202 valence electrons. The molecule has 0 aliphatic carbocycles. The zero-order valence-electron chi connectivity index (χ0n) is 22.0. The number of benzene rings is 2. The number of ether oxygens (including phenoxy) is 4. The number of aryl methyl sites for hydroxylation is 2. The van der Waals surface area contributed by atoms with Gasteiger partial charge in [0.2, 0.25) is 0 Å². The zero-order chi connectivity index (χ0) is 25.7. The number of rotatable bonds is 8. The van der Waals surface area contributed by atoms with Crippen molar-refractivity contribution in [3.05, 3.63) is 59.7 Å². The van der Waals surface area contributed by atoms with E-state index < -0.39 is 24.1 Å². The smallest absolute Gasteiger partial charge is 0.417 e. The topological polar surface area (TPSA) is 109 Å². The Balaban J connectivity index is 0.00000380. The molecule has 9 nitrogen and oxygen atoms in total. The quantitative estimate of drug-likeness (QED) is 0.390. The summed E-state index contributed by atoms with van der Waals surface area (Å²) in [5.74, 6) is -0.577. The van der Waals surface area contributed by atoms with Gasteiger partial charge in [-0.25, -0.2) is 9.59 Å². The molecule has 0 aromatic heterocycles. The van der Waals surface area contributed by atoms with E-state index in [-0.39, 0.29) is 17.7 Å². The van der Waals surface area contributed by atoms with Crippen molar-refractivity contribution in [2.75, 3.05) is 39.3 Å². The van der Waals surface area contributed by atoms with Crippen LogP contribution in [0.5, 0.6) is 11.5 Å². The van der Waals surface area contributed by atoms with Crippen LogP contribution in [0.1, 0.15) is 25.0 Å². The Bertz CT molecular complexity index is 979. The van der Waals surface area contributed by atoms with E-state index in [0.29, 0.717) is 37.7 Å². The predicted molar refractivity (Wildman–Crippen MR) is 139 cm³/mol. The molecule has 4 atom stereocenters. The van der Waals surface area contributed by atoms with Gasteiger partial charge in [0.15, 0.2) is 12.2 Å². The van der Waals surface area contributed by atoms with Crippen LogP contribution < -0.4 is 9.47 Å². The first-order chi connectivity index (χ1) is 17.3. The second-order valence-electron chi connectivity index (χ2n) is 9.54. The van der Waals surface area contributed by atoms with Gasteiger partial charge in [0, 0.05) is 26.2 Å². The van der Waals surface area contributed by atoms with Gasteiger partial charge in [-0.1, -0.05) is 38.1 Å². The standard InChI is InChI=1S/C28H36N2O6.H2O/c1-5-29-15-23(33-21-11-7-9-19(3)13-21)25(17-29)35-27(31)28(32)36-26-18-30(6-2)16-24(26)34-22-12-8-10-20(4)14-22;/h7-14,23-26H,5-6,15-18H2,1-4H3;1H2. The number of carbonyl (C=O) groups is 2. The molecule has 2 fully saturated rings. The van der Waals surface area contributed by atoms with Gasteiger partial charge >= 0.3 is 11.9 Å². The van der Waals surface area contributed by atoms with E-state index in [9.17, 15) is 9.59 Å². The normalized spacial score (nSPS) is 23.8. The molecule has 2 aliphatic heterocycles. The summed E-state index contributed by atoms with van der Waals surface area (Å²) in [6, 6.07) is 15.5. The molecule has 2 aliphatic rings. The van der Waals surface area contributed by atoms with Gasteiger partial charge in [-0.15, -0.1) is 0 Å². The molecule has 0 saturated carbocycles. The van der Waals surface area contributed by atoms with E-state index >= 15 is 0 Å². The third-order valence-electron chi connectivity index (χ3n) is 6.71. The highest BCUT2D eigenvalue weighted by atomic mass is 16.6. The first-order valence-corrected chi connectivity index (χ1v) is 12.7. The fourth-order valence-corrected chi connectivity index (χ4v) is 4.70. The van der Waals surface area contributed by atoms with Crippen molar-refractivity contribution in [2.45, 2.75) is 52.1 Å². The maximum Gasteiger partial charge on any atom is 0.417 e. The van der Waals surface area contributed by atoms with Gasteiger partial charge in [-0.2, -0.15) is 0 Å². The Labute approximate surface area is 218 Å². The van der Waals surface area contributed by atoms with Gasteiger partial charge < -0.3 is 24.4 Å². The average molecular weight is 515 g/mol. The van der Waals surface area contributed by atoms with Gasteiger partial charge in [0.1, 0.15) is 23.7 Å². The van der Waals surface area contributed by atoms with E-state index in [0.717, 1.165) is 24.2 Å². The van der Waals surface area contributed by atoms with Gasteiger partial charge in [-0.3, -0.25) is 9.80 Å². The number of esters is 2. The summed E-state index contributed by atoms with van der Waals surface area (Å²) in [7, 11) is 0. The number of nitrogens with zero attached hydrogens (tertiary/aromatic N) is 2. The van der Waals surface area contributed by atoms with Crippen molar-refractivity contribution < 1.29 is 34.0 Å². The van der Waals surface area contributed by atoms with Gasteiger partial charge in [0.25, 0.3) is 0 Å². The molecule has 4 unspecified atom stereocenters. The van der Waals surface area contributed by atoms with Crippen molar-refractivity contribution in [2.24, 2.45) is 0 Å². The largest absolute Gasteiger partial charge is 0.485 e. The number of likely N-dealkylation sites (tertiary alicyclic amines) is 2. The monoisotopic (exact) mass is 514 g/mol. The summed E-state index contributed by atoms with van der Waals surface area (Å²) in [6.45, 7) is 11.9. The zero-order valence-corrected chi connectivity index (χ0v) is 22.0. The van der Waals surface area contributed by atoms with Crippen molar-refractivity contribution >= 4 is 11.9 Å². The fraction of sp³-hybridized carbons (Fsp3) is 0.500. The molecular formula is C28H38N2O7. The lowest BCUT2D eigenvalue weighted by molar-refractivity contribution is -0.176. The highest BCUT2D eigenvalue weighted by Crippen LogP contribution is 2.24. The van der Waals surface area contributed by atoms with Crippen LogP contribution >= 0.6 is 0 Å². The van der Waals surface area contributed by atoms with Crippen LogP contribution in [0.4, 0.5) is 0 Å². The minimum atomic E-state index is -1.000. The number of hydrogen-bond acceptors (Lipinski definition) is 8. The van der Waals surface area contributed by atoms with Crippen molar-refractivity contribution in [3.63, 3.8) is 0 Å². The SMILES string of the molecule is CCN1CC(OC(=O)C(=O)OC2CN(CC)CC2Oc2cccc(C)c2)C(Oc2cccc(C)c2)C1.O. The second-order valence-corrected chi connectivity index (χ2v) is 9.54. The van der Waals surface area contributed by atoms with Crippen molar-refractivity contribution in [3.8, 4) is 11.5 Å². The molecule has 2 saturated heterocycles. The van der Waals surface area contributed by atoms with Crippen LogP contribution in [-0.2, 0) is 19.1 Å². The van der Waals surface area contributed by atoms with E-state index in [2.05, 4.69) is 9.80 Å². The number of carbonyl (C=O) groups excluding carboxylic acids is 2. The molecule has 0 bridgehead atoms. The van der Waals surface area contributed by atoms with E-state index in [1.165, 1.54) is 0 Å². The minimum Gasteiger partial charge on any atom is -0.485 e. The Morgan fingerprint density at radius 3 is 1.43 bits per heavy atom. The Morgan fingerprint density at radius 2 is 1.08 bits per heavy atom. The average Bonchev–Trinajstić information content (AvgIpc) is 3.42. The molecule has 2 aromatic carbocycles. The number of hydrogen-bond donors (Lipinski definition) is 0. The van der Waals surface area contributed by atoms with E-state index in [1.807, 2.05) is 76.2 Å². The fourth-order valence-electron chi connectivity index (χ4n) is 4.70. The minimum absolute atomic E-state index is 0. The highest BCUT2D eigenvalue weighted by Gasteiger charge is 2.41. The van der Waals surface area contributed by atoms with Gasteiger partial charge in [0.05, 0.1) is 0 Å². The second kappa shape index (κ2) is 12.9. The Morgan fingerprint density at radius 1 is 0.703 bits per heavy atom. The molecule has 4 rings (SSSR count).